The minimum Gasteiger partial charge on any atom is -0.495 e. The molecule has 4 aromatic rings. The van der Waals surface area contributed by atoms with Crippen LogP contribution in [0.3, 0.4) is 0 Å². The van der Waals surface area contributed by atoms with Crippen LogP contribution >= 0.6 is 15.9 Å². The number of hydrogen-bond donors (Lipinski definition) is 1. The van der Waals surface area contributed by atoms with Crippen LogP contribution in [0.25, 0.3) is 17.1 Å². The smallest absolute Gasteiger partial charge is 0.295 e. The van der Waals surface area contributed by atoms with Crippen molar-refractivity contribution in [3.05, 3.63) is 89.2 Å². The number of benzene rings is 3. The Kier molecular flexibility index (Phi) is 5.39. The molecule has 1 amide bonds. The maximum Gasteiger partial charge on any atom is 0.295 e. The monoisotopic (exact) mass is 448 g/mol. The van der Waals surface area contributed by atoms with E-state index in [1.54, 1.807) is 23.9 Å². The molecule has 1 N–H and O–H groups in total. The molecule has 0 aliphatic rings. The Hall–Kier alpha value is -3.45. The van der Waals surface area contributed by atoms with Gasteiger partial charge in [-0.25, -0.2) is 9.67 Å². The van der Waals surface area contributed by atoms with Crippen LogP contribution in [-0.4, -0.2) is 27.8 Å². The van der Waals surface area contributed by atoms with E-state index in [4.69, 9.17) is 4.74 Å². The molecule has 4 rings (SSSR count). The standard InChI is InChI=1S/C22H17BrN4O2/c1-29-19-10-6-5-9-18(19)24-22(28)20-25-21(15-11-13-16(23)14-12-15)27(26-20)17-7-3-2-4-8-17/h2-14H,1H3,(H,24,28). The molecule has 0 saturated heterocycles. The number of aromatic nitrogens is 3. The predicted octanol–water partition coefficient (Wildman–Crippen LogP) is 4.96. The highest BCUT2D eigenvalue weighted by molar-refractivity contribution is 9.10. The minimum absolute atomic E-state index is 0.0673. The minimum atomic E-state index is -0.414. The number of hydrogen-bond acceptors (Lipinski definition) is 4. The number of ether oxygens (including phenoxy) is 1. The Bertz CT molecular complexity index is 1140. The van der Waals surface area contributed by atoms with E-state index < -0.39 is 5.91 Å². The molecule has 0 atom stereocenters. The number of anilines is 1. The summed E-state index contributed by atoms with van der Waals surface area (Å²) in [5.74, 6) is 0.797. The highest BCUT2D eigenvalue weighted by Crippen LogP contribution is 2.25. The van der Waals surface area contributed by atoms with Gasteiger partial charge in [-0.05, 0) is 36.4 Å². The van der Waals surface area contributed by atoms with Crippen LogP contribution in [0.5, 0.6) is 5.75 Å². The lowest BCUT2D eigenvalue weighted by Gasteiger charge is -2.07. The maximum atomic E-state index is 12.9. The zero-order valence-corrected chi connectivity index (χ0v) is 17.1. The molecule has 0 fully saturated rings. The molecule has 0 aliphatic carbocycles. The summed E-state index contributed by atoms with van der Waals surface area (Å²) in [4.78, 5) is 17.4. The molecular weight excluding hydrogens is 432 g/mol. The van der Waals surface area contributed by atoms with Crippen molar-refractivity contribution in [1.29, 1.82) is 0 Å². The molecule has 144 valence electrons. The first kappa shape index (κ1) is 18.9. The van der Waals surface area contributed by atoms with Crippen molar-refractivity contribution in [1.82, 2.24) is 14.8 Å². The largest absolute Gasteiger partial charge is 0.495 e. The van der Waals surface area contributed by atoms with E-state index in [0.29, 0.717) is 17.3 Å². The molecule has 3 aromatic carbocycles. The molecule has 6 nitrogen and oxygen atoms in total. The Balaban J connectivity index is 1.74. The highest BCUT2D eigenvalue weighted by atomic mass is 79.9. The second-order valence-corrected chi connectivity index (χ2v) is 7.08. The molecule has 7 heteroatoms. The Morgan fingerprint density at radius 2 is 1.66 bits per heavy atom. The van der Waals surface area contributed by atoms with Crippen molar-refractivity contribution in [3.63, 3.8) is 0 Å². The zero-order chi connectivity index (χ0) is 20.2. The van der Waals surface area contributed by atoms with Crippen LogP contribution in [-0.2, 0) is 0 Å². The number of methoxy groups -OCH3 is 1. The number of nitrogens with one attached hydrogen (secondary N) is 1. The summed E-state index contributed by atoms with van der Waals surface area (Å²) >= 11 is 3.44. The van der Waals surface area contributed by atoms with Gasteiger partial charge in [0.25, 0.3) is 5.91 Å². The first-order chi connectivity index (χ1) is 14.2. The topological polar surface area (TPSA) is 69.0 Å². The number of amides is 1. The van der Waals surface area contributed by atoms with Crippen LogP contribution in [0.4, 0.5) is 5.69 Å². The van der Waals surface area contributed by atoms with Gasteiger partial charge in [-0.2, -0.15) is 0 Å². The SMILES string of the molecule is COc1ccccc1NC(=O)c1nc(-c2ccc(Br)cc2)n(-c2ccccc2)n1. The molecule has 0 saturated carbocycles. The quantitative estimate of drug-likeness (QED) is 0.468. The molecule has 1 aromatic heterocycles. The van der Waals surface area contributed by atoms with Gasteiger partial charge in [-0.3, -0.25) is 4.79 Å². The van der Waals surface area contributed by atoms with E-state index in [0.717, 1.165) is 15.7 Å². The van der Waals surface area contributed by atoms with E-state index in [9.17, 15) is 4.79 Å². The van der Waals surface area contributed by atoms with Gasteiger partial charge in [0.05, 0.1) is 18.5 Å². The summed E-state index contributed by atoms with van der Waals surface area (Å²) in [6.45, 7) is 0. The summed E-state index contributed by atoms with van der Waals surface area (Å²) in [5.41, 5.74) is 2.22. The van der Waals surface area contributed by atoms with Crippen molar-refractivity contribution < 1.29 is 9.53 Å². The van der Waals surface area contributed by atoms with Gasteiger partial charge in [0.15, 0.2) is 5.82 Å². The van der Waals surface area contributed by atoms with Gasteiger partial charge in [0.1, 0.15) is 5.75 Å². The van der Waals surface area contributed by atoms with Gasteiger partial charge in [0, 0.05) is 10.0 Å². The first-order valence-corrected chi connectivity index (χ1v) is 9.68. The van der Waals surface area contributed by atoms with E-state index in [-0.39, 0.29) is 5.82 Å². The summed E-state index contributed by atoms with van der Waals surface area (Å²) in [7, 11) is 1.55. The van der Waals surface area contributed by atoms with E-state index in [1.807, 2.05) is 66.7 Å². The third-order valence-corrected chi connectivity index (χ3v) is 4.80. The maximum absolute atomic E-state index is 12.9. The summed E-state index contributed by atoms with van der Waals surface area (Å²) in [6.07, 6.45) is 0. The number of para-hydroxylation sites is 3. The third kappa shape index (κ3) is 4.05. The van der Waals surface area contributed by atoms with Crippen molar-refractivity contribution in [2.24, 2.45) is 0 Å². The van der Waals surface area contributed by atoms with E-state index >= 15 is 0 Å². The zero-order valence-electron chi connectivity index (χ0n) is 15.5. The average Bonchev–Trinajstić information content (AvgIpc) is 3.21. The molecule has 29 heavy (non-hydrogen) atoms. The molecule has 0 unspecified atom stereocenters. The molecule has 0 bridgehead atoms. The third-order valence-electron chi connectivity index (χ3n) is 4.27. The summed E-state index contributed by atoms with van der Waals surface area (Å²) < 4.78 is 7.92. The summed E-state index contributed by atoms with van der Waals surface area (Å²) in [5, 5.41) is 7.29. The van der Waals surface area contributed by atoms with Gasteiger partial charge in [0.2, 0.25) is 5.82 Å². The average molecular weight is 449 g/mol. The van der Waals surface area contributed by atoms with Gasteiger partial charge >= 0.3 is 0 Å². The fourth-order valence-electron chi connectivity index (χ4n) is 2.87. The van der Waals surface area contributed by atoms with Crippen LogP contribution in [0.15, 0.2) is 83.3 Å². The van der Waals surface area contributed by atoms with Crippen molar-refractivity contribution in [3.8, 4) is 22.8 Å². The predicted molar refractivity (Wildman–Crippen MR) is 115 cm³/mol. The fraction of sp³-hybridized carbons (Fsp3) is 0.0455. The van der Waals surface area contributed by atoms with Gasteiger partial charge in [-0.15, -0.1) is 5.10 Å². The fourth-order valence-corrected chi connectivity index (χ4v) is 3.13. The Labute approximate surface area is 176 Å². The lowest BCUT2D eigenvalue weighted by Crippen LogP contribution is -2.14. The lowest BCUT2D eigenvalue weighted by molar-refractivity contribution is 0.101. The number of carbonyl (C=O) groups is 1. The van der Waals surface area contributed by atoms with Gasteiger partial charge in [-0.1, -0.05) is 58.4 Å². The normalized spacial score (nSPS) is 10.6. The molecule has 0 radical (unpaired) electrons. The number of carbonyl (C=O) groups excluding carboxylic acids is 1. The highest BCUT2D eigenvalue weighted by Gasteiger charge is 2.19. The first-order valence-electron chi connectivity index (χ1n) is 8.88. The van der Waals surface area contributed by atoms with Crippen molar-refractivity contribution >= 4 is 27.5 Å². The number of rotatable bonds is 5. The Morgan fingerprint density at radius 1 is 0.966 bits per heavy atom. The molecular formula is C22H17BrN4O2. The molecule has 0 aliphatic heterocycles. The Morgan fingerprint density at radius 3 is 2.38 bits per heavy atom. The van der Waals surface area contributed by atoms with Crippen molar-refractivity contribution in [2.45, 2.75) is 0 Å². The van der Waals surface area contributed by atoms with E-state index in [1.165, 1.54) is 0 Å². The van der Waals surface area contributed by atoms with E-state index in [2.05, 4.69) is 31.3 Å². The second kappa shape index (κ2) is 8.28. The van der Waals surface area contributed by atoms with Crippen LogP contribution in [0.1, 0.15) is 10.6 Å². The van der Waals surface area contributed by atoms with Gasteiger partial charge < -0.3 is 10.1 Å². The van der Waals surface area contributed by atoms with Crippen LogP contribution in [0.2, 0.25) is 0 Å². The summed E-state index contributed by atoms with van der Waals surface area (Å²) in [6, 6.07) is 24.5. The second-order valence-electron chi connectivity index (χ2n) is 6.17. The van der Waals surface area contributed by atoms with Crippen LogP contribution in [0, 0.1) is 0 Å². The van der Waals surface area contributed by atoms with Crippen LogP contribution < -0.4 is 10.1 Å². The number of halogens is 1. The number of nitrogens with zero attached hydrogens (tertiary/aromatic N) is 3. The van der Waals surface area contributed by atoms with Crippen molar-refractivity contribution in [2.75, 3.05) is 12.4 Å². The molecule has 1 heterocycles. The lowest BCUT2D eigenvalue weighted by atomic mass is 10.2. The molecule has 0 spiro atoms.